The molecule has 1 rings (SSSR count). The van der Waals surface area contributed by atoms with Crippen LogP contribution >= 0.6 is 0 Å². The summed E-state index contributed by atoms with van der Waals surface area (Å²) in [5, 5.41) is 10.8. The monoisotopic (exact) mass is 456 g/mol. The van der Waals surface area contributed by atoms with Gasteiger partial charge in [-0.25, -0.2) is 30.7 Å². The van der Waals surface area contributed by atoms with Crippen LogP contribution in [0.1, 0.15) is 52.4 Å². The molecule has 0 radical (unpaired) electrons. The molecule has 1 aliphatic rings. The molecule has 1 heterocycles. The second-order valence-corrected chi connectivity index (χ2v) is 11.6. The first-order valence-electron chi connectivity index (χ1n) is 9.77. The largest absolute Gasteiger partial charge is 0.480 e. The number of amides is 1. The van der Waals surface area contributed by atoms with Gasteiger partial charge in [0.05, 0.1) is 17.3 Å². The van der Waals surface area contributed by atoms with E-state index in [2.05, 4.69) is 5.32 Å². The van der Waals surface area contributed by atoms with Gasteiger partial charge in [-0.3, -0.25) is 0 Å². The van der Waals surface area contributed by atoms with Crippen LogP contribution in [0.2, 0.25) is 0 Å². The zero-order valence-corrected chi connectivity index (χ0v) is 18.8. The molecule has 0 spiro atoms. The number of rotatable bonds is 11. The molecule has 1 aliphatic heterocycles. The maximum atomic E-state index is 12.6. The Morgan fingerprint density at radius 3 is 2.03 bits per heavy atom. The Morgan fingerprint density at radius 2 is 1.62 bits per heavy atom. The molecule has 1 unspecified atom stereocenters. The first-order valence-corrected chi connectivity index (χ1v) is 13.3. The first-order chi connectivity index (χ1) is 13.4. The number of carboxylic acids is 1. The molecule has 1 amide bonds. The minimum Gasteiger partial charge on any atom is -0.480 e. The number of piperidine rings is 1. The van der Waals surface area contributed by atoms with Crippen molar-refractivity contribution in [2.45, 2.75) is 69.8 Å². The van der Waals surface area contributed by atoms with Crippen molar-refractivity contribution in [3.8, 4) is 0 Å². The quantitative estimate of drug-likeness (QED) is 0.467. The van der Waals surface area contributed by atoms with Crippen LogP contribution in [-0.2, 0) is 29.4 Å². The number of carbonyl (C=O) groups is 2. The Kier molecular flexibility index (Phi) is 9.83. The van der Waals surface area contributed by atoms with Crippen LogP contribution in [0.15, 0.2) is 0 Å². The van der Waals surface area contributed by atoms with E-state index in [1.54, 1.807) is 0 Å². The molecule has 0 saturated carbocycles. The maximum absolute atomic E-state index is 12.6. The Morgan fingerprint density at radius 1 is 1.10 bits per heavy atom. The van der Waals surface area contributed by atoms with Crippen molar-refractivity contribution in [3.05, 3.63) is 0 Å². The fraction of sp³-hybridized carbons (Fsp3) is 0.882. The summed E-state index contributed by atoms with van der Waals surface area (Å²) >= 11 is 0. The lowest BCUT2D eigenvalue weighted by Crippen LogP contribution is -2.48. The number of nitrogens with zero attached hydrogens (tertiary/aromatic N) is 1. The summed E-state index contributed by atoms with van der Waals surface area (Å²) in [6.45, 7) is 4.11. The van der Waals surface area contributed by atoms with Gasteiger partial charge in [0.15, 0.2) is 9.84 Å². The lowest BCUT2D eigenvalue weighted by molar-refractivity contribution is -0.138. The summed E-state index contributed by atoms with van der Waals surface area (Å²) in [6, 6.07) is -1.61. The Bertz CT molecular complexity index is 752. The van der Waals surface area contributed by atoms with E-state index in [9.17, 15) is 31.5 Å². The molecule has 10 nitrogen and oxygen atoms in total. The van der Waals surface area contributed by atoms with Crippen LogP contribution in [0, 0.1) is 0 Å². The van der Waals surface area contributed by atoms with Crippen molar-refractivity contribution in [2.24, 2.45) is 0 Å². The van der Waals surface area contributed by atoms with Crippen LogP contribution < -0.4 is 5.32 Å². The van der Waals surface area contributed by atoms with Gasteiger partial charge in [0, 0.05) is 13.1 Å². The van der Waals surface area contributed by atoms with Gasteiger partial charge in [0.2, 0.25) is 10.0 Å². The van der Waals surface area contributed by atoms with E-state index in [4.69, 9.17) is 4.74 Å². The highest BCUT2D eigenvalue weighted by molar-refractivity contribution is 7.92. The fourth-order valence-electron chi connectivity index (χ4n) is 3.30. The van der Waals surface area contributed by atoms with Crippen LogP contribution in [0.25, 0.3) is 0 Å². The minimum atomic E-state index is -3.72. The highest BCUT2D eigenvalue weighted by Gasteiger charge is 2.33. The first kappa shape index (κ1) is 25.6. The minimum absolute atomic E-state index is 0.198. The SMILES string of the molecule is CCCC(CCC)S(=O)(=O)CC(NC(=O)OC1CCN(S(C)(=O)=O)CC1)C(=O)O. The zero-order valence-electron chi connectivity index (χ0n) is 17.2. The normalized spacial score (nSPS) is 17.8. The van der Waals surface area contributed by atoms with E-state index in [-0.39, 0.29) is 25.9 Å². The lowest BCUT2D eigenvalue weighted by atomic mass is 10.1. The summed E-state index contributed by atoms with van der Waals surface area (Å²) < 4.78 is 54.7. The van der Waals surface area contributed by atoms with Crippen LogP contribution in [-0.4, -0.2) is 80.8 Å². The molecular weight excluding hydrogens is 424 g/mol. The van der Waals surface area contributed by atoms with Crippen LogP contribution in [0.4, 0.5) is 4.79 Å². The highest BCUT2D eigenvalue weighted by atomic mass is 32.2. The number of hydrogen-bond acceptors (Lipinski definition) is 7. The van der Waals surface area contributed by atoms with Crippen LogP contribution in [0.3, 0.4) is 0 Å². The number of carbonyl (C=O) groups excluding carboxylic acids is 1. The molecule has 1 saturated heterocycles. The molecule has 12 heteroatoms. The number of sulfonamides is 1. The van der Waals surface area contributed by atoms with E-state index < -0.39 is 55.1 Å². The molecule has 1 atom stereocenters. The third-order valence-corrected chi connectivity index (χ3v) is 8.45. The molecule has 2 N–H and O–H groups in total. The van der Waals surface area contributed by atoms with E-state index >= 15 is 0 Å². The molecule has 0 aromatic rings. The Hall–Kier alpha value is -1.40. The molecule has 0 bridgehead atoms. The molecule has 0 aromatic carbocycles. The number of nitrogens with one attached hydrogen (secondary N) is 1. The zero-order chi connectivity index (χ0) is 22.2. The lowest BCUT2D eigenvalue weighted by Gasteiger charge is -2.30. The molecule has 0 aliphatic carbocycles. The topological polar surface area (TPSA) is 147 Å². The number of sulfone groups is 1. The van der Waals surface area contributed by atoms with E-state index in [1.807, 2.05) is 13.8 Å². The van der Waals surface area contributed by atoms with Gasteiger partial charge >= 0.3 is 12.1 Å². The van der Waals surface area contributed by atoms with Crippen molar-refractivity contribution in [1.29, 1.82) is 0 Å². The average molecular weight is 457 g/mol. The third-order valence-electron chi connectivity index (χ3n) is 4.86. The summed E-state index contributed by atoms with van der Waals surface area (Å²) in [4.78, 5) is 23.6. The standard InChI is InChI=1S/C17H32N2O8S2/c1-4-6-14(7-5-2)29(25,26)12-15(16(20)21)18-17(22)27-13-8-10-19(11-9-13)28(3,23)24/h13-15H,4-12H2,1-3H3,(H,18,22)(H,20,21). The Labute approximate surface area is 172 Å². The van der Waals surface area contributed by atoms with E-state index in [1.165, 1.54) is 4.31 Å². The van der Waals surface area contributed by atoms with Gasteiger partial charge in [0.25, 0.3) is 0 Å². The number of aliphatic carboxylic acids is 1. The summed E-state index contributed by atoms with van der Waals surface area (Å²) in [5.41, 5.74) is 0. The second-order valence-electron chi connectivity index (χ2n) is 7.33. The molecule has 29 heavy (non-hydrogen) atoms. The number of carboxylic acid groups (broad SMARTS) is 1. The van der Waals surface area contributed by atoms with Gasteiger partial charge in [0.1, 0.15) is 12.1 Å². The smallest absolute Gasteiger partial charge is 0.408 e. The van der Waals surface area contributed by atoms with Gasteiger partial charge in [-0.2, -0.15) is 0 Å². The molecule has 0 aromatic heterocycles. The van der Waals surface area contributed by atoms with Gasteiger partial charge in [-0.05, 0) is 25.7 Å². The number of alkyl carbamates (subject to hydrolysis) is 1. The number of hydrogen-bond donors (Lipinski definition) is 2. The van der Waals surface area contributed by atoms with E-state index in [0.717, 1.165) is 6.26 Å². The fourth-order valence-corrected chi connectivity index (χ4v) is 6.33. The average Bonchev–Trinajstić information content (AvgIpc) is 2.60. The second kappa shape index (κ2) is 11.1. The van der Waals surface area contributed by atoms with Crippen molar-refractivity contribution < 1.29 is 36.3 Å². The van der Waals surface area contributed by atoms with Crippen molar-refractivity contribution in [2.75, 3.05) is 25.1 Å². The Balaban J connectivity index is 2.67. The number of ether oxygens (including phenoxy) is 1. The molecular formula is C17H32N2O8S2. The van der Waals surface area contributed by atoms with Crippen LogP contribution in [0.5, 0.6) is 0 Å². The van der Waals surface area contributed by atoms with Gasteiger partial charge < -0.3 is 15.2 Å². The summed E-state index contributed by atoms with van der Waals surface area (Å²) in [6.07, 6.45) is 2.27. The van der Waals surface area contributed by atoms with Crippen molar-refractivity contribution >= 4 is 31.9 Å². The summed E-state index contributed by atoms with van der Waals surface area (Å²) in [5.74, 6) is -2.15. The predicted octanol–water partition coefficient (Wildman–Crippen LogP) is 0.973. The summed E-state index contributed by atoms with van der Waals surface area (Å²) in [7, 11) is -7.03. The molecule has 1 fully saturated rings. The maximum Gasteiger partial charge on any atom is 0.408 e. The highest BCUT2D eigenvalue weighted by Crippen LogP contribution is 2.18. The van der Waals surface area contributed by atoms with E-state index in [0.29, 0.717) is 25.7 Å². The molecule has 170 valence electrons. The van der Waals surface area contributed by atoms with Crippen molar-refractivity contribution in [1.82, 2.24) is 9.62 Å². The van der Waals surface area contributed by atoms with Gasteiger partial charge in [-0.1, -0.05) is 26.7 Å². The van der Waals surface area contributed by atoms with Crippen molar-refractivity contribution in [3.63, 3.8) is 0 Å². The predicted molar refractivity (Wildman–Crippen MR) is 108 cm³/mol. The third kappa shape index (κ3) is 8.47. The van der Waals surface area contributed by atoms with Gasteiger partial charge in [-0.15, -0.1) is 0 Å².